The van der Waals surface area contributed by atoms with Crippen LogP contribution in [0.25, 0.3) is 0 Å². The molecule has 0 radical (unpaired) electrons. The van der Waals surface area contributed by atoms with Crippen LogP contribution in [-0.2, 0) is 19.0 Å². The van der Waals surface area contributed by atoms with Crippen molar-refractivity contribution < 1.29 is 19.0 Å². The Morgan fingerprint density at radius 3 is 2.80 bits per heavy atom. The molecule has 4 nitrogen and oxygen atoms in total. The number of methoxy groups -OCH3 is 1. The summed E-state index contributed by atoms with van der Waals surface area (Å²) in [5, 5.41) is 0. The maximum atomic E-state index is 12.1. The molecular weight excluding hydrogens is 256 g/mol. The van der Waals surface area contributed by atoms with Crippen LogP contribution in [0.5, 0.6) is 0 Å². The minimum absolute atomic E-state index is 0.0105. The van der Waals surface area contributed by atoms with Crippen LogP contribution in [0.4, 0.5) is 0 Å². The first-order chi connectivity index (χ1) is 9.43. The smallest absolute Gasteiger partial charge is 0.184 e. The lowest BCUT2D eigenvalue weighted by molar-refractivity contribution is -0.132. The predicted molar refractivity (Wildman–Crippen MR) is 74.4 cm³/mol. The van der Waals surface area contributed by atoms with Crippen molar-refractivity contribution >= 4 is 5.78 Å². The number of epoxide rings is 2. The van der Waals surface area contributed by atoms with E-state index in [2.05, 4.69) is 26.8 Å². The summed E-state index contributed by atoms with van der Waals surface area (Å²) in [5.41, 5.74) is 0.579. The van der Waals surface area contributed by atoms with Crippen LogP contribution in [0.2, 0.25) is 0 Å². The van der Waals surface area contributed by atoms with Gasteiger partial charge < -0.3 is 14.2 Å². The fourth-order valence-corrected chi connectivity index (χ4v) is 3.41. The largest absolute Gasteiger partial charge is 0.373 e. The standard InChI is InChI=1S/C16H22O4/c1-10(2)5-6-12-15(3,20-12)14-13(18-4)11(17)7-8-16(14)9-19-16/h5,7-8,12-14H,6,9H2,1-4H3/t12-,13-,14?,15+,16+/m1/s1. The molecule has 0 aromatic heterocycles. The zero-order chi connectivity index (χ0) is 14.5. The van der Waals surface area contributed by atoms with E-state index in [1.54, 1.807) is 13.2 Å². The van der Waals surface area contributed by atoms with E-state index in [1.807, 2.05) is 6.08 Å². The molecule has 0 amide bonds. The van der Waals surface area contributed by atoms with Crippen LogP contribution in [0.15, 0.2) is 23.8 Å². The third-order valence-electron chi connectivity index (χ3n) is 4.71. The van der Waals surface area contributed by atoms with Crippen LogP contribution in [0.3, 0.4) is 0 Å². The number of carbonyl (C=O) groups excluding carboxylic acids is 1. The molecule has 1 aliphatic carbocycles. The molecule has 0 bridgehead atoms. The van der Waals surface area contributed by atoms with E-state index < -0.39 is 6.10 Å². The fraction of sp³-hybridized carbons (Fsp3) is 0.688. The minimum Gasteiger partial charge on any atom is -0.373 e. The lowest BCUT2D eigenvalue weighted by atomic mass is 9.72. The Balaban J connectivity index is 1.83. The summed E-state index contributed by atoms with van der Waals surface area (Å²) in [5.74, 6) is -0.0515. The van der Waals surface area contributed by atoms with Crippen molar-refractivity contribution in [2.24, 2.45) is 5.92 Å². The van der Waals surface area contributed by atoms with Gasteiger partial charge in [0.2, 0.25) is 0 Å². The van der Waals surface area contributed by atoms with Gasteiger partial charge in [-0.3, -0.25) is 4.79 Å². The normalized spacial score (nSPS) is 45.6. The number of allylic oxidation sites excluding steroid dienone is 1. The summed E-state index contributed by atoms with van der Waals surface area (Å²) in [6.45, 7) is 6.88. The quantitative estimate of drug-likeness (QED) is 0.583. The fourth-order valence-electron chi connectivity index (χ4n) is 3.41. The minimum atomic E-state index is -0.468. The Morgan fingerprint density at radius 1 is 1.55 bits per heavy atom. The Hall–Kier alpha value is -0.970. The Labute approximate surface area is 119 Å². The molecule has 2 fully saturated rings. The molecule has 3 rings (SSSR count). The maximum Gasteiger partial charge on any atom is 0.184 e. The first-order valence-corrected chi connectivity index (χ1v) is 7.14. The van der Waals surface area contributed by atoms with E-state index in [0.717, 1.165) is 6.42 Å². The summed E-state index contributed by atoms with van der Waals surface area (Å²) in [6, 6.07) is 0. The third kappa shape index (κ3) is 2.07. The van der Waals surface area contributed by atoms with Gasteiger partial charge in [0, 0.05) is 7.11 Å². The lowest BCUT2D eigenvalue weighted by Gasteiger charge is -2.34. The summed E-state index contributed by atoms with van der Waals surface area (Å²) in [6.07, 6.45) is 6.21. The van der Waals surface area contributed by atoms with E-state index in [-0.39, 0.29) is 29.0 Å². The highest BCUT2D eigenvalue weighted by atomic mass is 16.6. The summed E-state index contributed by atoms with van der Waals surface area (Å²) in [4.78, 5) is 12.1. The highest BCUT2D eigenvalue weighted by molar-refractivity contribution is 5.95. The molecule has 0 saturated carbocycles. The third-order valence-corrected chi connectivity index (χ3v) is 4.71. The van der Waals surface area contributed by atoms with Crippen molar-refractivity contribution in [2.45, 2.75) is 50.6 Å². The van der Waals surface area contributed by atoms with Gasteiger partial charge in [-0.1, -0.05) is 11.6 Å². The van der Waals surface area contributed by atoms with E-state index in [0.29, 0.717) is 6.61 Å². The summed E-state index contributed by atoms with van der Waals surface area (Å²) >= 11 is 0. The van der Waals surface area contributed by atoms with Gasteiger partial charge in [0.05, 0.1) is 18.6 Å². The first kappa shape index (κ1) is 14.0. The Kier molecular flexibility index (Phi) is 3.16. The molecule has 0 N–H and O–H groups in total. The molecule has 110 valence electrons. The van der Waals surface area contributed by atoms with Crippen LogP contribution < -0.4 is 0 Å². The molecule has 3 aliphatic rings. The molecule has 2 saturated heterocycles. The van der Waals surface area contributed by atoms with Crippen LogP contribution in [-0.4, -0.2) is 42.9 Å². The molecule has 5 atom stereocenters. The van der Waals surface area contributed by atoms with Gasteiger partial charge >= 0.3 is 0 Å². The van der Waals surface area contributed by atoms with Gasteiger partial charge in [-0.05, 0) is 39.3 Å². The number of ether oxygens (including phenoxy) is 3. The first-order valence-electron chi connectivity index (χ1n) is 7.14. The van der Waals surface area contributed by atoms with Crippen molar-refractivity contribution in [2.75, 3.05) is 13.7 Å². The van der Waals surface area contributed by atoms with E-state index in [1.165, 1.54) is 5.57 Å². The summed E-state index contributed by atoms with van der Waals surface area (Å²) in [7, 11) is 1.58. The van der Waals surface area contributed by atoms with Gasteiger partial charge in [0.1, 0.15) is 17.3 Å². The second kappa shape index (κ2) is 4.52. The van der Waals surface area contributed by atoms with E-state index in [9.17, 15) is 4.79 Å². The van der Waals surface area contributed by atoms with Crippen LogP contribution in [0.1, 0.15) is 27.2 Å². The van der Waals surface area contributed by atoms with Crippen molar-refractivity contribution in [3.63, 3.8) is 0 Å². The molecule has 1 spiro atoms. The van der Waals surface area contributed by atoms with Crippen molar-refractivity contribution in [1.82, 2.24) is 0 Å². The zero-order valence-corrected chi connectivity index (χ0v) is 12.5. The maximum absolute atomic E-state index is 12.1. The van der Waals surface area contributed by atoms with Crippen molar-refractivity contribution in [3.8, 4) is 0 Å². The van der Waals surface area contributed by atoms with Crippen LogP contribution >= 0.6 is 0 Å². The molecule has 2 aliphatic heterocycles. The number of hydrogen-bond acceptors (Lipinski definition) is 4. The monoisotopic (exact) mass is 278 g/mol. The number of rotatable bonds is 4. The zero-order valence-electron chi connectivity index (χ0n) is 12.5. The average Bonchev–Trinajstić information content (AvgIpc) is 3.29. The molecule has 1 unspecified atom stereocenters. The molecule has 4 heteroatoms. The van der Waals surface area contributed by atoms with Gasteiger partial charge in [-0.2, -0.15) is 0 Å². The molecule has 0 aromatic rings. The topological polar surface area (TPSA) is 51.4 Å². The number of ketones is 1. The van der Waals surface area contributed by atoms with E-state index >= 15 is 0 Å². The Morgan fingerprint density at radius 2 is 2.25 bits per heavy atom. The van der Waals surface area contributed by atoms with E-state index in [4.69, 9.17) is 14.2 Å². The van der Waals surface area contributed by atoms with Gasteiger partial charge in [0.25, 0.3) is 0 Å². The molecule has 0 aromatic carbocycles. The Bertz CT molecular complexity index is 485. The summed E-state index contributed by atoms with van der Waals surface area (Å²) < 4.78 is 17.1. The SMILES string of the molecule is CO[C@@H]1C(=O)C=C[C@]2(CO2)C1[C@@]1(C)O[C@@H]1CC=C(C)C. The highest BCUT2D eigenvalue weighted by Crippen LogP contribution is 2.57. The van der Waals surface area contributed by atoms with Gasteiger partial charge in [-0.25, -0.2) is 0 Å². The molecular formula is C16H22O4. The average molecular weight is 278 g/mol. The lowest BCUT2D eigenvalue weighted by Crippen LogP contribution is -2.50. The van der Waals surface area contributed by atoms with Gasteiger partial charge in [0.15, 0.2) is 5.78 Å². The predicted octanol–water partition coefficient (Wildman–Crippen LogP) is 2.04. The van der Waals surface area contributed by atoms with Crippen molar-refractivity contribution in [1.29, 1.82) is 0 Å². The van der Waals surface area contributed by atoms with Crippen molar-refractivity contribution in [3.05, 3.63) is 23.8 Å². The van der Waals surface area contributed by atoms with Gasteiger partial charge in [-0.15, -0.1) is 0 Å². The molecule has 20 heavy (non-hydrogen) atoms. The second-order valence-corrected chi connectivity index (χ2v) is 6.42. The number of carbonyl (C=O) groups is 1. The van der Waals surface area contributed by atoms with Crippen LogP contribution in [0, 0.1) is 5.92 Å². The number of hydrogen-bond donors (Lipinski definition) is 0. The second-order valence-electron chi connectivity index (χ2n) is 6.42. The molecule has 2 heterocycles. The highest BCUT2D eigenvalue weighted by Gasteiger charge is 2.70.